The van der Waals surface area contributed by atoms with Gasteiger partial charge in [-0.05, 0) is 12.3 Å². The third-order valence-corrected chi connectivity index (χ3v) is 2.79. The van der Waals surface area contributed by atoms with Gasteiger partial charge in [0.15, 0.2) is 0 Å². The number of carbonyl (C=O) groups is 1. The number of benzene rings is 1. The van der Waals surface area contributed by atoms with Crippen molar-refractivity contribution in [3.63, 3.8) is 0 Å². The number of non-ortho nitro benzene ring substituents is 2. The fraction of sp³-hybridized carbons (Fsp3) is 0.462. The molecule has 0 radical (unpaired) electrons. The molecule has 0 saturated carbocycles. The van der Waals surface area contributed by atoms with Crippen molar-refractivity contribution in [1.29, 1.82) is 0 Å². The van der Waals surface area contributed by atoms with Crippen LogP contribution >= 0.6 is 0 Å². The molecule has 22 heavy (non-hydrogen) atoms. The first-order valence-corrected chi connectivity index (χ1v) is 6.55. The standard InChI is InChI=1S/C13H17N3O6/c1-8(2)3-12(14)13(17)22-7-9-4-10(15(18)19)6-11(5-9)16(20)21/h4-6,8,12H,3,7,14H2,1-2H3/t12-/m1/s1. The topological polar surface area (TPSA) is 139 Å². The van der Waals surface area contributed by atoms with Gasteiger partial charge >= 0.3 is 5.97 Å². The Morgan fingerprint density at radius 2 is 1.68 bits per heavy atom. The number of nitrogens with zero attached hydrogens (tertiary/aromatic N) is 2. The molecule has 1 rings (SSSR count). The number of nitro benzene ring substituents is 2. The van der Waals surface area contributed by atoms with Gasteiger partial charge in [-0.3, -0.25) is 25.0 Å². The third-order valence-electron chi connectivity index (χ3n) is 2.79. The second-order valence-electron chi connectivity index (χ2n) is 5.22. The first-order chi connectivity index (χ1) is 10.2. The minimum atomic E-state index is -0.798. The van der Waals surface area contributed by atoms with Gasteiger partial charge in [-0.2, -0.15) is 0 Å². The zero-order valence-electron chi connectivity index (χ0n) is 12.2. The van der Waals surface area contributed by atoms with Crippen molar-refractivity contribution in [2.45, 2.75) is 32.9 Å². The summed E-state index contributed by atoms with van der Waals surface area (Å²) >= 11 is 0. The van der Waals surface area contributed by atoms with E-state index in [1.165, 1.54) is 0 Å². The number of carbonyl (C=O) groups excluding carboxylic acids is 1. The van der Waals surface area contributed by atoms with Crippen LogP contribution in [0.4, 0.5) is 11.4 Å². The molecule has 0 aliphatic carbocycles. The Bertz CT molecular complexity index is 555. The molecule has 0 fully saturated rings. The van der Waals surface area contributed by atoms with Gasteiger partial charge in [-0.1, -0.05) is 13.8 Å². The molecule has 0 bridgehead atoms. The van der Waals surface area contributed by atoms with Crippen LogP contribution in [0.5, 0.6) is 0 Å². The number of nitrogens with two attached hydrogens (primary N) is 1. The molecule has 0 spiro atoms. The SMILES string of the molecule is CC(C)C[C@@H](N)C(=O)OCc1cc([N+](=O)[O-])cc([N+](=O)[O-])c1. The van der Waals surface area contributed by atoms with Crippen LogP contribution in [-0.4, -0.2) is 21.9 Å². The predicted octanol–water partition coefficient (Wildman–Crippen LogP) is 1.92. The number of esters is 1. The minimum absolute atomic E-state index is 0.158. The molecule has 120 valence electrons. The van der Waals surface area contributed by atoms with Crippen LogP contribution in [0.3, 0.4) is 0 Å². The van der Waals surface area contributed by atoms with Crippen LogP contribution in [0, 0.1) is 26.1 Å². The average Bonchev–Trinajstić information content (AvgIpc) is 2.43. The van der Waals surface area contributed by atoms with Gasteiger partial charge in [0.25, 0.3) is 11.4 Å². The van der Waals surface area contributed by atoms with Crippen LogP contribution in [-0.2, 0) is 16.1 Å². The van der Waals surface area contributed by atoms with E-state index < -0.39 is 33.2 Å². The molecule has 0 aromatic heterocycles. The number of nitro groups is 2. The largest absolute Gasteiger partial charge is 0.460 e. The molecule has 0 aliphatic rings. The molecular weight excluding hydrogens is 294 g/mol. The van der Waals surface area contributed by atoms with Gasteiger partial charge in [0, 0.05) is 17.7 Å². The normalized spacial score (nSPS) is 12.0. The van der Waals surface area contributed by atoms with Gasteiger partial charge in [0.2, 0.25) is 0 Å². The molecule has 2 N–H and O–H groups in total. The van der Waals surface area contributed by atoms with E-state index in [1.807, 2.05) is 13.8 Å². The van der Waals surface area contributed by atoms with Crippen molar-refractivity contribution in [1.82, 2.24) is 0 Å². The Morgan fingerprint density at radius 3 is 2.09 bits per heavy atom. The fourth-order valence-electron chi connectivity index (χ4n) is 1.82. The first kappa shape index (κ1) is 17.5. The maximum absolute atomic E-state index is 11.7. The highest BCUT2D eigenvalue weighted by Crippen LogP contribution is 2.23. The maximum atomic E-state index is 11.7. The summed E-state index contributed by atoms with van der Waals surface area (Å²) in [6.07, 6.45) is 0.438. The summed E-state index contributed by atoms with van der Waals surface area (Å²) in [4.78, 5) is 31.7. The Labute approximate surface area is 126 Å². The smallest absolute Gasteiger partial charge is 0.323 e. The molecule has 0 saturated heterocycles. The van der Waals surface area contributed by atoms with Crippen molar-refractivity contribution in [2.24, 2.45) is 11.7 Å². The predicted molar refractivity (Wildman–Crippen MR) is 77.0 cm³/mol. The van der Waals surface area contributed by atoms with Gasteiger partial charge < -0.3 is 10.5 Å². The zero-order valence-corrected chi connectivity index (χ0v) is 12.2. The van der Waals surface area contributed by atoms with Gasteiger partial charge in [-0.25, -0.2) is 0 Å². The molecule has 9 heteroatoms. The summed E-state index contributed by atoms with van der Waals surface area (Å²) in [5.74, 6) is -0.440. The van der Waals surface area contributed by atoms with Crippen LogP contribution in [0.25, 0.3) is 0 Å². The average molecular weight is 311 g/mol. The van der Waals surface area contributed by atoms with E-state index in [0.717, 1.165) is 18.2 Å². The summed E-state index contributed by atoms with van der Waals surface area (Å²) in [6.45, 7) is 3.49. The Kier molecular flexibility index (Phi) is 5.93. The van der Waals surface area contributed by atoms with E-state index in [-0.39, 0.29) is 18.1 Å². The first-order valence-electron chi connectivity index (χ1n) is 6.55. The monoisotopic (exact) mass is 311 g/mol. The number of hydrogen-bond acceptors (Lipinski definition) is 7. The number of rotatable bonds is 7. The van der Waals surface area contributed by atoms with Crippen molar-refractivity contribution in [2.75, 3.05) is 0 Å². The Morgan fingerprint density at radius 1 is 1.18 bits per heavy atom. The van der Waals surface area contributed by atoms with E-state index in [1.54, 1.807) is 0 Å². The lowest BCUT2D eigenvalue weighted by atomic mass is 10.1. The second kappa shape index (κ2) is 7.46. The zero-order chi connectivity index (χ0) is 16.9. The molecule has 1 aromatic rings. The molecule has 1 aromatic carbocycles. The molecular formula is C13H17N3O6. The van der Waals surface area contributed by atoms with Crippen LogP contribution in [0.15, 0.2) is 18.2 Å². The molecule has 1 atom stereocenters. The van der Waals surface area contributed by atoms with Gasteiger partial charge in [0.05, 0.1) is 15.9 Å². The number of ether oxygens (including phenoxy) is 1. The lowest BCUT2D eigenvalue weighted by molar-refractivity contribution is -0.394. The van der Waals surface area contributed by atoms with E-state index in [2.05, 4.69) is 0 Å². The molecule has 0 unspecified atom stereocenters. The van der Waals surface area contributed by atoms with Crippen molar-refractivity contribution in [3.05, 3.63) is 44.0 Å². The summed E-state index contributed by atoms with van der Waals surface area (Å²) in [5.41, 5.74) is 4.93. The van der Waals surface area contributed by atoms with Crippen molar-refractivity contribution >= 4 is 17.3 Å². The maximum Gasteiger partial charge on any atom is 0.323 e. The van der Waals surface area contributed by atoms with E-state index in [9.17, 15) is 25.0 Å². The highest BCUT2D eigenvalue weighted by Gasteiger charge is 2.19. The lowest BCUT2D eigenvalue weighted by Crippen LogP contribution is -2.33. The minimum Gasteiger partial charge on any atom is -0.460 e. The Balaban J connectivity index is 2.83. The van der Waals surface area contributed by atoms with Crippen molar-refractivity contribution < 1.29 is 19.4 Å². The molecule has 0 aliphatic heterocycles. The van der Waals surface area contributed by atoms with E-state index in [4.69, 9.17) is 10.5 Å². The summed E-state index contributed by atoms with van der Waals surface area (Å²) < 4.78 is 4.95. The molecule has 9 nitrogen and oxygen atoms in total. The van der Waals surface area contributed by atoms with Crippen LogP contribution in [0.1, 0.15) is 25.8 Å². The summed E-state index contributed by atoms with van der Waals surface area (Å²) in [7, 11) is 0. The summed E-state index contributed by atoms with van der Waals surface area (Å²) in [6, 6.07) is 2.28. The van der Waals surface area contributed by atoms with E-state index in [0.29, 0.717) is 6.42 Å². The van der Waals surface area contributed by atoms with Crippen LogP contribution in [0.2, 0.25) is 0 Å². The molecule has 0 amide bonds. The highest BCUT2D eigenvalue weighted by atomic mass is 16.6. The van der Waals surface area contributed by atoms with Gasteiger partial charge in [-0.15, -0.1) is 0 Å². The van der Waals surface area contributed by atoms with Gasteiger partial charge in [0.1, 0.15) is 12.6 Å². The Hall–Kier alpha value is -2.55. The highest BCUT2D eigenvalue weighted by molar-refractivity contribution is 5.75. The molecule has 0 heterocycles. The second-order valence-corrected chi connectivity index (χ2v) is 5.22. The quantitative estimate of drug-likeness (QED) is 0.461. The fourth-order valence-corrected chi connectivity index (χ4v) is 1.82. The third kappa shape index (κ3) is 5.09. The lowest BCUT2D eigenvalue weighted by Gasteiger charge is -2.13. The summed E-state index contributed by atoms with van der Waals surface area (Å²) in [5, 5.41) is 21.5. The van der Waals surface area contributed by atoms with Crippen molar-refractivity contribution in [3.8, 4) is 0 Å². The van der Waals surface area contributed by atoms with E-state index >= 15 is 0 Å². The number of hydrogen-bond donors (Lipinski definition) is 1. The van der Waals surface area contributed by atoms with Crippen LogP contribution < -0.4 is 5.73 Å².